The Hall–Kier alpha value is -1.33. The minimum atomic E-state index is -0.0526. The second kappa shape index (κ2) is 5.75. The molecule has 2 aromatic rings. The summed E-state index contributed by atoms with van der Waals surface area (Å²) in [4.78, 5) is 13.0. The molecule has 0 fully saturated rings. The normalized spacial score (nSPS) is 12.4. The molecule has 1 amide bonds. The van der Waals surface area contributed by atoms with Crippen LogP contribution in [-0.4, -0.2) is 15.7 Å². The molecule has 102 valence electrons. The SMILES string of the molecule is Cc1cc(C)n(CC(=O)N[C@@H](C)c2ccc(Cl)s2)n1. The summed E-state index contributed by atoms with van der Waals surface area (Å²) >= 11 is 7.37. The first-order valence-corrected chi connectivity index (χ1v) is 7.21. The molecule has 2 rings (SSSR count). The second-order valence-electron chi connectivity index (χ2n) is 4.52. The molecule has 0 saturated carbocycles. The average molecular weight is 298 g/mol. The molecule has 4 nitrogen and oxygen atoms in total. The molecule has 19 heavy (non-hydrogen) atoms. The Labute approximate surface area is 121 Å². The van der Waals surface area contributed by atoms with E-state index in [0.29, 0.717) is 0 Å². The highest BCUT2D eigenvalue weighted by Gasteiger charge is 2.13. The van der Waals surface area contributed by atoms with Gasteiger partial charge in [-0.3, -0.25) is 9.48 Å². The molecule has 0 aliphatic heterocycles. The van der Waals surface area contributed by atoms with Gasteiger partial charge in [0.25, 0.3) is 0 Å². The maximum Gasteiger partial charge on any atom is 0.242 e. The van der Waals surface area contributed by atoms with E-state index in [1.54, 1.807) is 4.68 Å². The number of carbonyl (C=O) groups is 1. The largest absolute Gasteiger partial charge is 0.347 e. The van der Waals surface area contributed by atoms with E-state index < -0.39 is 0 Å². The van der Waals surface area contributed by atoms with Crippen molar-refractivity contribution in [2.75, 3.05) is 0 Å². The highest BCUT2D eigenvalue weighted by molar-refractivity contribution is 7.16. The van der Waals surface area contributed by atoms with Crippen molar-refractivity contribution in [3.05, 3.63) is 38.8 Å². The Balaban J connectivity index is 1.96. The second-order valence-corrected chi connectivity index (χ2v) is 6.26. The van der Waals surface area contributed by atoms with E-state index in [1.165, 1.54) is 11.3 Å². The predicted octanol–water partition coefficient (Wildman–Crippen LogP) is 3.09. The Morgan fingerprint density at radius 3 is 2.79 bits per heavy atom. The molecule has 0 aliphatic carbocycles. The first-order chi connectivity index (χ1) is 8.95. The topological polar surface area (TPSA) is 46.9 Å². The number of thiophene rings is 1. The Bertz CT molecular complexity index is 590. The van der Waals surface area contributed by atoms with Crippen LogP contribution in [0.25, 0.3) is 0 Å². The first-order valence-electron chi connectivity index (χ1n) is 6.01. The summed E-state index contributed by atoms with van der Waals surface area (Å²) in [5.74, 6) is -0.0526. The number of amides is 1. The maximum absolute atomic E-state index is 12.0. The quantitative estimate of drug-likeness (QED) is 0.942. The lowest BCUT2D eigenvalue weighted by molar-refractivity contribution is -0.122. The Morgan fingerprint density at radius 2 is 2.26 bits per heavy atom. The molecule has 0 saturated heterocycles. The summed E-state index contributed by atoms with van der Waals surface area (Å²) in [7, 11) is 0. The van der Waals surface area contributed by atoms with Crippen molar-refractivity contribution < 1.29 is 4.79 Å². The van der Waals surface area contributed by atoms with E-state index in [4.69, 9.17) is 11.6 Å². The van der Waals surface area contributed by atoms with Crippen LogP contribution in [0.4, 0.5) is 0 Å². The van der Waals surface area contributed by atoms with Gasteiger partial charge in [-0.25, -0.2) is 0 Å². The van der Waals surface area contributed by atoms with Crippen LogP contribution in [0.1, 0.15) is 29.2 Å². The molecule has 6 heteroatoms. The predicted molar refractivity (Wildman–Crippen MR) is 77.6 cm³/mol. The van der Waals surface area contributed by atoms with Gasteiger partial charge in [0.15, 0.2) is 0 Å². The number of carbonyl (C=O) groups excluding carboxylic acids is 1. The van der Waals surface area contributed by atoms with Crippen LogP contribution in [0.3, 0.4) is 0 Å². The number of nitrogens with zero attached hydrogens (tertiary/aromatic N) is 2. The summed E-state index contributed by atoms with van der Waals surface area (Å²) in [6, 6.07) is 5.68. The van der Waals surface area contributed by atoms with Crippen molar-refractivity contribution >= 4 is 28.8 Å². The van der Waals surface area contributed by atoms with Crippen LogP contribution in [-0.2, 0) is 11.3 Å². The van der Waals surface area contributed by atoms with Crippen molar-refractivity contribution in [2.45, 2.75) is 33.4 Å². The maximum atomic E-state index is 12.0. The zero-order chi connectivity index (χ0) is 14.0. The molecule has 0 bridgehead atoms. The molecule has 0 aliphatic rings. The fraction of sp³-hybridized carbons (Fsp3) is 0.385. The number of halogens is 1. The zero-order valence-corrected chi connectivity index (χ0v) is 12.7. The number of hydrogen-bond donors (Lipinski definition) is 1. The molecule has 0 aromatic carbocycles. The van der Waals surface area contributed by atoms with Gasteiger partial charge >= 0.3 is 0 Å². The number of rotatable bonds is 4. The summed E-state index contributed by atoms with van der Waals surface area (Å²) in [5, 5.41) is 7.22. The van der Waals surface area contributed by atoms with Crippen molar-refractivity contribution in [3.63, 3.8) is 0 Å². The van der Waals surface area contributed by atoms with Crippen LogP contribution in [0.5, 0.6) is 0 Å². The molecule has 0 unspecified atom stereocenters. The summed E-state index contributed by atoms with van der Waals surface area (Å²) < 4.78 is 2.44. The first kappa shape index (κ1) is 14.1. The molecule has 2 heterocycles. The van der Waals surface area contributed by atoms with Crippen LogP contribution in [0.15, 0.2) is 18.2 Å². The fourth-order valence-electron chi connectivity index (χ4n) is 1.89. The van der Waals surface area contributed by atoms with Crippen molar-refractivity contribution in [1.82, 2.24) is 15.1 Å². The van der Waals surface area contributed by atoms with Gasteiger partial charge in [0.1, 0.15) is 6.54 Å². The van der Waals surface area contributed by atoms with Crippen LogP contribution < -0.4 is 5.32 Å². The Morgan fingerprint density at radius 1 is 1.53 bits per heavy atom. The molecule has 1 N–H and O–H groups in total. The lowest BCUT2D eigenvalue weighted by atomic mass is 10.3. The third-order valence-electron chi connectivity index (χ3n) is 2.79. The van der Waals surface area contributed by atoms with Gasteiger partial charge in [0.05, 0.1) is 16.1 Å². The third kappa shape index (κ3) is 3.58. The van der Waals surface area contributed by atoms with Crippen LogP contribution in [0, 0.1) is 13.8 Å². The number of aryl methyl sites for hydroxylation is 2. The van der Waals surface area contributed by atoms with E-state index >= 15 is 0 Å². The van der Waals surface area contributed by atoms with Crippen LogP contribution in [0.2, 0.25) is 4.34 Å². The highest BCUT2D eigenvalue weighted by atomic mass is 35.5. The standard InChI is InChI=1S/C13H16ClN3OS/c1-8-6-9(2)17(16-8)7-13(18)15-10(3)11-4-5-12(14)19-11/h4-6,10H,7H2,1-3H3,(H,15,18)/t10-/m0/s1. The number of aromatic nitrogens is 2. The van der Waals surface area contributed by atoms with Crippen molar-refractivity contribution in [3.8, 4) is 0 Å². The third-order valence-corrected chi connectivity index (χ3v) is 4.21. The van der Waals surface area contributed by atoms with Gasteiger partial charge in [-0.15, -0.1) is 11.3 Å². The number of nitrogens with one attached hydrogen (secondary N) is 1. The average Bonchev–Trinajstić information content (AvgIpc) is 2.86. The van der Waals surface area contributed by atoms with Crippen molar-refractivity contribution in [2.24, 2.45) is 0 Å². The summed E-state index contributed by atoms with van der Waals surface area (Å²) in [6.45, 7) is 6.04. The monoisotopic (exact) mass is 297 g/mol. The Kier molecular flexibility index (Phi) is 4.27. The van der Waals surface area contributed by atoms with Gasteiger partial charge in [0.2, 0.25) is 5.91 Å². The van der Waals surface area contributed by atoms with Gasteiger partial charge in [-0.05, 0) is 39.0 Å². The molecular formula is C13H16ClN3OS. The molecular weight excluding hydrogens is 282 g/mol. The van der Waals surface area contributed by atoms with Crippen molar-refractivity contribution in [1.29, 1.82) is 0 Å². The number of hydrogen-bond acceptors (Lipinski definition) is 3. The minimum absolute atomic E-state index is 0.0398. The van der Waals surface area contributed by atoms with E-state index in [2.05, 4.69) is 10.4 Å². The van der Waals surface area contributed by atoms with Gasteiger partial charge < -0.3 is 5.32 Å². The molecule has 1 atom stereocenters. The smallest absolute Gasteiger partial charge is 0.242 e. The molecule has 0 radical (unpaired) electrons. The highest BCUT2D eigenvalue weighted by Crippen LogP contribution is 2.26. The molecule has 2 aromatic heterocycles. The van der Waals surface area contributed by atoms with Crippen LogP contribution >= 0.6 is 22.9 Å². The van der Waals surface area contributed by atoms with E-state index in [-0.39, 0.29) is 18.5 Å². The lowest BCUT2D eigenvalue weighted by Gasteiger charge is -2.12. The minimum Gasteiger partial charge on any atom is -0.347 e. The van der Waals surface area contributed by atoms with E-state index in [1.807, 2.05) is 39.0 Å². The van der Waals surface area contributed by atoms with Gasteiger partial charge in [-0.2, -0.15) is 5.10 Å². The van der Waals surface area contributed by atoms with E-state index in [0.717, 1.165) is 20.6 Å². The van der Waals surface area contributed by atoms with Gasteiger partial charge in [0, 0.05) is 10.6 Å². The summed E-state index contributed by atoms with van der Waals surface area (Å²) in [5.41, 5.74) is 1.91. The molecule has 0 spiro atoms. The summed E-state index contributed by atoms with van der Waals surface area (Å²) in [6.07, 6.45) is 0. The fourth-order valence-corrected chi connectivity index (χ4v) is 2.95. The van der Waals surface area contributed by atoms with Gasteiger partial charge in [-0.1, -0.05) is 11.6 Å². The lowest BCUT2D eigenvalue weighted by Crippen LogP contribution is -2.30. The van der Waals surface area contributed by atoms with E-state index in [9.17, 15) is 4.79 Å². The zero-order valence-electron chi connectivity index (χ0n) is 11.1.